The van der Waals surface area contributed by atoms with Crippen molar-refractivity contribution in [2.45, 2.75) is 63.1 Å². The van der Waals surface area contributed by atoms with Gasteiger partial charge in [0, 0.05) is 18.7 Å². The van der Waals surface area contributed by atoms with E-state index in [-0.39, 0.29) is 5.60 Å². The summed E-state index contributed by atoms with van der Waals surface area (Å²) in [6.07, 6.45) is 7.63. The minimum atomic E-state index is 0.226. The molecular weight excluding hydrogens is 242 g/mol. The minimum Gasteiger partial charge on any atom is -0.375 e. The third kappa shape index (κ3) is 2.63. The molecule has 0 aromatic carbocycles. The molecule has 0 radical (unpaired) electrons. The Bertz CT molecular complexity index is 370. The summed E-state index contributed by atoms with van der Waals surface area (Å²) in [5.74, 6) is 0. The van der Waals surface area contributed by atoms with Gasteiger partial charge >= 0.3 is 0 Å². The molecule has 2 atom stereocenters. The topological polar surface area (TPSA) is 21.3 Å². The number of thiophene rings is 1. The maximum absolute atomic E-state index is 6.09. The lowest BCUT2D eigenvalue weighted by molar-refractivity contribution is -0.0846. The molecule has 2 aliphatic rings. The average Bonchev–Trinajstić information content (AvgIpc) is 3.01. The number of hydrogen-bond donors (Lipinski definition) is 1. The van der Waals surface area contributed by atoms with E-state index < -0.39 is 0 Å². The molecule has 1 aromatic heterocycles. The van der Waals surface area contributed by atoms with Crippen molar-refractivity contribution in [1.82, 2.24) is 5.32 Å². The van der Waals surface area contributed by atoms with Gasteiger partial charge in [-0.05, 0) is 55.0 Å². The monoisotopic (exact) mass is 265 g/mol. The Morgan fingerprint density at radius 2 is 2.28 bits per heavy atom. The van der Waals surface area contributed by atoms with Crippen LogP contribution in [0.2, 0.25) is 0 Å². The van der Waals surface area contributed by atoms with Crippen LogP contribution < -0.4 is 5.32 Å². The molecule has 0 bridgehead atoms. The van der Waals surface area contributed by atoms with Crippen LogP contribution in [0, 0.1) is 0 Å². The Morgan fingerprint density at radius 3 is 3.00 bits per heavy atom. The van der Waals surface area contributed by atoms with Crippen LogP contribution in [-0.2, 0) is 4.74 Å². The molecule has 3 heteroatoms. The highest BCUT2D eigenvalue weighted by Gasteiger charge is 2.40. The Kier molecular flexibility index (Phi) is 3.73. The zero-order valence-electron chi connectivity index (χ0n) is 11.2. The van der Waals surface area contributed by atoms with Crippen molar-refractivity contribution in [2.24, 2.45) is 0 Å². The van der Waals surface area contributed by atoms with Crippen molar-refractivity contribution in [3.8, 4) is 0 Å². The van der Waals surface area contributed by atoms with Crippen molar-refractivity contribution in [1.29, 1.82) is 0 Å². The zero-order valence-corrected chi connectivity index (χ0v) is 12.0. The average molecular weight is 265 g/mol. The van der Waals surface area contributed by atoms with E-state index >= 15 is 0 Å². The number of rotatable bonds is 3. The van der Waals surface area contributed by atoms with E-state index in [9.17, 15) is 0 Å². The number of nitrogens with one attached hydrogen (secondary N) is 1. The van der Waals surface area contributed by atoms with Crippen molar-refractivity contribution in [2.75, 3.05) is 6.61 Å². The summed E-state index contributed by atoms with van der Waals surface area (Å²) in [7, 11) is 0. The highest BCUT2D eigenvalue weighted by atomic mass is 32.1. The van der Waals surface area contributed by atoms with Crippen LogP contribution in [0.15, 0.2) is 16.8 Å². The van der Waals surface area contributed by atoms with E-state index in [1.54, 1.807) is 11.3 Å². The fourth-order valence-corrected chi connectivity index (χ4v) is 4.26. The molecule has 1 aromatic rings. The lowest BCUT2D eigenvalue weighted by Crippen LogP contribution is -2.46. The fraction of sp³-hybridized carbons (Fsp3) is 0.733. The van der Waals surface area contributed by atoms with E-state index in [1.165, 1.54) is 37.7 Å². The summed E-state index contributed by atoms with van der Waals surface area (Å²) in [4.78, 5) is 0. The van der Waals surface area contributed by atoms with Crippen molar-refractivity contribution < 1.29 is 4.74 Å². The standard InChI is InChI=1S/C15H23NOS/c1-12(13-5-9-18-11-13)16-14-4-8-17-15(10-14)6-2-3-7-15/h5,9,11-12,14,16H,2-4,6-8,10H2,1H3. The Balaban J connectivity index is 1.59. The van der Waals surface area contributed by atoms with Gasteiger partial charge in [0.05, 0.1) is 5.60 Å². The van der Waals surface area contributed by atoms with E-state index in [1.807, 2.05) is 0 Å². The molecule has 100 valence electrons. The Labute approximate surface area is 114 Å². The third-order valence-corrected chi connectivity index (χ3v) is 5.24. The van der Waals surface area contributed by atoms with Gasteiger partial charge in [-0.2, -0.15) is 11.3 Å². The maximum Gasteiger partial charge on any atom is 0.0697 e. The molecule has 1 aliphatic carbocycles. The second-order valence-corrected chi connectivity index (χ2v) is 6.65. The molecule has 2 unspecified atom stereocenters. The van der Waals surface area contributed by atoms with Crippen LogP contribution in [0.25, 0.3) is 0 Å². The molecule has 0 amide bonds. The normalized spacial score (nSPS) is 28.6. The molecule has 2 fully saturated rings. The first kappa shape index (κ1) is 12.6. The molecule has 1 spiro atoms. The van der Waals surface area contributed by atoms with Crippen LogP contribution in [0.3, 0.4) is 0 Å². The molecule has 2 nitrogen and oxygen atoms in total. The van der Waals surface area contributed by atoms with Crippen LogP contribution in [0.5, 0.6) is 0 Å². The summed E-state index contributed by atoms with van der Waals surface area (Å²) >= 11 is 1.78. The fourth-order valence-electron chi connectivity index (χ4n) is 3.51. The second-order valence-electron chi connectivity index (χ2n) is 5.87. The highest BCUT2D eigenvalue weighted by molar-refractivity contribution is 7.07. The van der Waals surface area contributed by atoms with Gasteiger partial charge in [-0.3, -0.25) is 0 Å². The maximum atomic E-state index is 6.09. The summed E-state index contributed by atoms with van der Waals surface area (Å²) in [6.45, 7) is 3.22. The molecular formula is C15H23NOS. The van der Waals surface area contributed by atoms with Crippen molar-refractivity contribution >= 4 is 11.3 Å². The second kappa shape index (κ2) is 5.32. The van der Waals surface area contributed by atoms with E-state index in [2.05, 4.69) is 29.1 Å². The van der Waals surface area contributed by atoms with Crippen molar-refractivity contribution in [3.63, 3.8) is 0 Å². The van der Waals surface area contributed by atoms with Gasteiger partial charge in [0.1, 0.15) is 0 Å². The first-order chi connectivity index (χ1) is 8.77. The molecule has 1 saturated heterocycles. The highest BCUT2D eigenvalue weighted by Crippen LogP contribution is 2.40. The summed E-state index contributed by atoms with van der Waals surface area (Å²) in [5, 5.41) is 8.21. The minimum absolute atomic E-state index is 0.226. The smallest absolute Gasteiger partial charge is 0.0697 e. The molecule has 3 rings (SSSR count). The first-order valence-electron chi connectivity index (χ1n) is 7.20. The molecule has 1 saturated carbocycles. The quantitative estimate of drug-likeness (QED) is 0.895. The van der Waals surface area contributed by atoms with Crippen molar-refractivity contribution in [3.05, 3.63) is 22.4 Å². The first-order valence-corrected chi connectivity index (χ1v) is 8.14. The predicted molar refractivity (Wildman–Crippen MR) is 76.0 cm³/mol. The van der Waals surface area contributed by atoms with Gasteiger partial charge in [-0.1, -0.05) is 12.8 Å². The predicted octanol–water partition coefficient (Wildman–Crippen LogP) is 3.89. The molecule has 2 heterocycles. The van der Waals surface area contributed by atoms with E-state index in [0.717, 1.165) is 13.0 Å². The SMILES string of the molecule is CC(NC1CCOC2(CCCC2)C1)c1ccsc1. The number of hydrogen-bond acceptors (Lipinski definition) is 3. The zero-order chi connectivity index (χ0) is 12.4. The molecule has 1 N–H and O–H groups in total. The van der Waals surface area contributed by atoms with Gasteiger partial charge in [-0.15, -0.1) is 0 Å². The Hall–Kier alpha value is -0.380. The lowest BCUT2D eigenvalue weighted by atomic mass is 9.88. The van der Waals surface area contributed by atoms with E-state index in [4.69, 9.17) is 4.74 Å². The van der Waals surface area contributed by atoms with Gasteiger partial charge in [0.25, 0.3) is 0 Å². The largest absolute Gasteiger partial charge is 0.375 e. The molecule has 18 heavy (non-hydrogen) atoms. The summed E-state index contributed by atoms with van der Waals surface area (Å²) < 4.78 is 6.09. The summed E-state index contributed by atoms with van der Waals surface area (Å²) in [5.41, 5.74) is 1.65. The van der Waals surface area contributed by atoms with Gasteiger partial charge in [0.15, 0.2) is 0 Å². The number of ether oxygens (including phenoxy) is 1. The van der Waals surface area contributed by atoms with Gasteiger partial charge in [0.2, 0.25) is 0 Å². The van der Waals surface area contributed by atoms with E-state index in [0.29, 0.717) is 12.1 Å². The van der Waals surface area contributed by atoms with Crippen LogP contribution in [0.1, 0.15) is 57.1 Å². The van der Waals surface area contributed by atoms with Crippen LogP contribution in [0.4, 0.5) is 0 Å². The van der Waals surface area contributed by atoms with Crippen LogP contribution in [-0.4, -0.2) is 18.2 Å². The van der Waals surface area contributed by atoms with Crippen LogP contribution >= 0.6 is 11.3 Å². The lowest BCUT2D eigenvalue weighted by Gasteiger charge is -2.39. The van der Waals surface area contributed by atoms with Gasteiger partial charge < -0.3 is 10.1 Å². The third-order valence-electron chi connectivity index (χ3n) is 4.54. The summed E-state index contributed by atoms with van der Waals surface area (Å²) in [6, 6.07) is 3.33. The molecule has 1 aliphatic heterocycles. The Morgan fingerprint density at radius 1 is 1.44 bits per heavy atom. The van der Waals surface area contributed by atoms with Gasteiger partial charge in [-0.25, -0.2) is 0 Å².